The van der Waals surface area contributed by atoms with Gasteiger partial charge in [-0.25, -0.2) is 4.79 Å². The first-order chi connectivity index (χ1) is 10.1. The molecule has 2 rings (SSSR count). The molecule has 4 heteroatoms. The SMILES string of the molecule is CCOC(=O)C(C)(Nc1cccc(C)c1)c1ccccn1. The van der Waals surface area contributed by atoms with Crippen molar-refractivity contribution in [3.8, 4) is 0 Å². The molecule has 0 saturated carbocycles. The number of aromatic nitrogens is 1. The number of anilines is 1. The molecule has 0 fully saturated rings. The third-order valence-electron chi connectivity index (χ3n) is 3.27. The summed E-state index contributed by atoms with van der Waals surface area (Å²) < 4.78 is 5.22. The van der Waals surface area contributed by atoms with E-state index in [4.69, 9.17) is 4.74 Å². The molecule has 1 unspecified atom stereocenters. The van der Waals surface area contributed by atoms with Crippen LogP contribution in [0.5, 0.6) is 0 Å². The number of rotatable bonds is 5. The van der Waals surface area contributed by atoms with Crippen LogP contribution in [0.25, 0.3) is 0 Å². The molecule has 0 aliphatic heterocycles. The minimum absolute atomic E-state index is 0.330. The van der Waals surface area contributed by atoms with E-state index in [9.17, 15) is 4.79 Å². The van der Waals surface area contributed by atoms with Gasteiger partial charge in [0.25, 0.3) is 0 Å². The van der Waals surface area contributed by atoms with Crippen LogP contribution in [0.2, 0.25) is 0 Å². The molecule has 0 radical (unpaired) electrons. The molecule has 21 heavy (non-hydrogen) atoms. The molecular formula is C17H20N2O2. The van der Waals surface area contributed by atoms with E-state index in [1.165, 1.54) is 0 Å². The summed E-state index contributed by atoms with van der Waals surface area (Å²) in [6.45, 7) is 5.92. The van der Waals surface area contributed by atoms with Gasteiger partial charge in [0.1, 0.15) is 0 Å². The van der Waals surface area contributed by atoms with Gasteiger partial charge in [0, 0.05) is 11.9 Å². The Morgan fingerprint density at radius 2 is 2.10 bits per heavy atom. The summed E-state index contributed by atoms with van der Waals surface area (Å²) in [5.74, 6) is -0.342. The summed E-state index contributed by atoms with van der Waals surface area (Å²) >= 11 is 0. The first-order valence-electron chi connectivity index (χ1n) is 7.00. The minimum atomic E-state index is -1.02. The van der Waals surface area contributed by atoms with E-state index in [1.54, 1.807) is 20.0 Å². The molecule has 1 N–H and O–H groups in total. The van der Waals surface area contributed by atoms with Crippen molar-refractivity contribution in [2.75, 3.05) is 11.9 Å². The fourth-order valence-corrected chi connectivity index (χ4v) is 2.17. The van der Waals surface area contributed by atoms with Gasteiger partial charge in [-0.15, -0.1) is 0 Å². The van der Waals surface area contributed by atoms with Crippen LogP contribution in [0, 0.1) is 6.92 Å². The van der Waals surface area contributed by atoms with Gasteiger partial charge in [0.05, 0.1) is 12.3 Å². The second kappa shape index (κ2) is 6.39. The van der Waals surface area contributed by atoms with Crippen LogP contribution in [0.1, 0.15) is 25.1 Å². The van der Waals surface area contributed by atoms with Gasteiger partial charge in [0.2, 0.25) is 0 Å². The van der Waals surface area contributed by atoms with E-state index in [-0.39, 0.29) is 5.97 Å². The maximum Gasteiger partial charge on any atom is 0.337 e. The average Bonchev–Trinajstić information content (AvgIpc) is 2.48. The molecule has 0 aliphatic carbocycles. The maximum absolute atomic E-state index is 12.4. The third-order valence-corrected chi connectivity index (χ3v) is 3.27. The number of ether oxygens (including phenoxy) is 1. The summed E-state index contributed by atoms with van der Waals surface area (Å²) in [7, 11) is 0. The summed E-state index contributed by atoms with van der Waals surface area (Å²) in [4.78, 5) is 16.7. The van der Waals surface area contributed by atoms with Crippen molar-refractivity contribution in [1.82, 2.24) is 4.98 Å². The van der Waals surface area contributed by atoms with Gasteiger partial charge in [-0.05, 0) is 50.6 Å². The van der Waals surface area contributed by atoms with Crippen LogP contribution in [-0.2, 0) is 15.1 Å². The summed E-state index contributed by atoms with van der Waals surface area (Å²) in [6, 6.07) is 13.4. The summed E-state index contributed by atoms with van der Waals surface area (Å²) in [5, 5.41) is 3.26. The van der Waals surface area contributed by atoms with Gasteiger partial charge in [-0.2, -0.15) is 0 Å². The van der Waals surface area contributed by atoms with Crippen LogP contribution >= 0.6 is 0 Å². The van der Waals surface area contributed by atoms with E-state index >= 15 is 0 Å². The Morgan fingerprint density at radius 3 is 2.71 bits per heavy atom. The molecule has 0 spiro atoms. The molecule has 1 aromatic carbocycles. The number of nitrogens with zero attached hydrogens (tertiary/aromatic N) is 1. The Balaban J connectivity index is 2.39. The third kappa shape index (κ3) is 3.40. The topological polar surface area (TPSA) is 51.2 Å². The van der Waals surface area contributed by atoms with Crippen molar-refractivity contribution >= 4 is 11.7 Å². The normalized spacial score (nSPS) is 13.3. The van der Waals surface area contributed by atoms with Crippen LogP contribution in [0.4, 0.5) is 5.69 Å². The first kappa shape index (κ1) is 15.0. The van der Waals surface area contributed by atoms with Crippen LogP contribution < -0.4 is 5.32 Å². The Kier molecular flexibility index (Phi) is 4.58. The molecule has 0 saturated heterocycles. The smallest absolute Gasteiger partial charge is 0.337 e. The lowest BCUT2D eigenvalue weighted by molar-refractivity contribution is -0.148. The zero-order chi connectivity index (χ0) is 15.3. The quantitative estimate of drug-likeness (QED) is 0.856. The number of hydrogen-bond donors (Lipinski definition) is 1. The van der Waals surface area contributed by atoms with E-state index in [0.29, 0.717) is 12.3 Å². The molecular weight excluding hydrogens is 264 g/mol. The summed E-state index contributed by atoms with van der Waals surface area (Å²) in [5.41, 5.74) is 1.58. The lowest BCUT2D eigenvalue weighted by Crippen LogP contribution is -2.42. The number of pyridine rings is 1. The Bertz CT molecular complexity index is 613. The zero-order valence-electron chi connectivity index (χ0n) is 12.6. The Morgan fingerprint density at radius 1 is 1.29 bits per heavy atom. The zero-order valence-corrected chi connectivity index (χ0v) is 12.6. The number of nitrogens with one attached hydrogen (secondary N) is 1. The van der Waals surface area contributed by atoms with Crippen LogP contribution in [0.3, 0.4) is 0 Å². The average molecular weight is 284 g/mol. The number of carbonyl (C=O) groups excluding carboxylic acids is 1. The van der Waals surface area contributed by atoms with Crippen molar-refractivity contribution in [2.45, 2.75) is 26.3 Å². The fourth-order valence-electron chi connectivity index (χ4n) is 2.17. The minimum Gasteiger partial charge on any atom is -0.464 e. The number of carbonyl (C=O) groups is 1. The van der Waals surface area contributed by atoms with E-state index < -0.39 is 5.54 Å². The monoisotopic (exact) mass is 284 g/mol. The van der Waals surface area contributed by atoms with Crippen molar-refractivity contribution in [3.05, 3.63) is 59.9 Å². The second-order valence-electron chi connectivity index (χ2n) is 5.05. The highest BCUT2D eigenvalue weighted by atomic mass is 16.5. The number of benzene rings is 1. The van der Waals surface area contributed by atoms with Crippen molar-refractivity contribution < 1.29 is 9.53 Å². The largest absolute Gasteiger partial charge is 0.464 e. The molecule has 0 aliphatic rings. The Hall–Kier alpha value is -2.36. The molecule has 2 aromatic rings. The standard InChI is InChI=1S/C17H20N2O2/c1-4-21-16(20)17(3,15-10-5-6-11-18-15)19-14-9-7-8-13(2)12-14/h5-12,19H,4H2,1-3H3. The Labute approximate surface area is 125 Å². The highest BCUT2D eigenvalue weighted by molar-refractivity contribution is 5.85. The van der Waals surface area contributed by atoms with Gasteiger partial charge in [-0.3, -0.25) is 4.98 Å². The number of hydrogen-bond acceptors (Lipinski definition) is 4. The predicted molar refractivity (Wildman–Crippen MR) is 83.0 cm³/mol. The van der Waals surface area contributed by atoms with Crippen LogP contribution in [0.15, 0.2) is 48.7 Å². The highest BCUT2D eigenvalue weighted by Gasteiger charge is 2.38. The molecule has 1 aromatic heterocycles. The van der Waals surface area contributed by atoms with Gasteiger partial charge in [-0.1, -0.05) is 18.2 Å². The molecule has 0 amide bonds. The van der Waals surface area contributed by atoms with Gasteiger partial charge >= 0.3 is 5.97 Å². The fraction of sp³-hybridized carbons (Fsp3) is 0.294. The predicted octanol–water partition coefficient (Wildman–Crippen LogP) is 3.28. The number of aryl methyl sites for hydroxylation is 1. The van der Waals surface area contributed by atoms with Crippen molar-refractivity contribution in [1.29, 1.82) is 0 Å². The summed E-state index contributed by atoms with van der Waals surface area (Å²) in [6.07, 6.45) is 1.67. The molecule has 110 valence electrons. The van der Waals surface area contributed by atoms with Gasteiger partial charge < -0.3 is 10.1 Å². The molecule has 4 nitrogen and oxygen atoms in total. The number of esters is 1. The lowest BCUT2D eigenvalue weighted by atomic mass is 9.96. The molecule has 1 atom stereocenters. The first-order valence-corrected chi connectivity index (χ1v) is 7.00. The maximum atomic E-state index is 12.4. The van der Waals surface area contributed by atoms with E-state index in [1.807, 2.05) is 49.4 Å². The molecule has 1 heterocycles. The highest BCUT2D eigenvalue weighted by Crippen LogP contribution is 2.26. The van der Waals surface area contributed by atoms with Crippen molar-refractivity contribution in [2.24, 2.45) is 0 Å². The van der Waals surface area contributed by atoms with E-state index in [0.717, 1.165) is 11.3 Å². The molecule has 0 bridgehead atoms. The van der Waals surface area contributed by atoms with E-state index in [2.05, 4.69) is 10.3 Å². The second-order valence-corrected chi connectivity index (χ2v) is 5.05. The van der Waals surface area contributed by atoms with Gasteiger partial charge in [0.15, 0.2) is 5.54 Å². The van der Waals surface area contributed by atoms with Crippen molar-refractivity contribution in [3.63, 3.8) is 0 Å². The lowest BCUT2D eigenvalue weighted by Gasteiger charge is -2.29. The van der Waals surface area contributed by atoms with Crippen LogP contribution in [-0.4, -0.2) is 17.6 Å².